The number of halogens is 2. The second kappa shape index (κ2) is 7.02. The van der Waals surface area contributed by atoms with E-state index in [9.17, 15) is 0 Å². The molecule has 0 amide bonds. The van der Waals surface area contributed by atoms with E-state index in [1.807, 2.05) is 22.7 Å². The molecule has 1 saturated heterocycles. The zero-order valence-electron chi connectivity index (χ0n) is 13.7. The fourth-order valence-electron chi connectivity index (χ4n) is 3.12. The van der Waals surface area contributed by atoms with Crippen LogP contribution in [0.2, 0.25) is 10.0 Å². The molecule has 1 aliphatic heterocycles. The quantitative estimate of drug-likeness (QED) is 0.635. The molecule has 4 rings (SSSR count). The average molecular weight is 394 g/mol. The van der Waals surface area contributed by atoms with Gasteiger partial charge in [-0.25, -0.2) is 9.38 Å². The van der Waals surface area contributed by atoms with Crippen LogP contribution in [0.1, 0.15) is 19.8 Å². The van der Waals surface area contributed by atoms with E-state index in [1.54, 1.807) is 12.4 Å². The Hall–Kier alpha value is -1.50. The molecule has 3 aromatic rings. The van der Waals surface area contributed by atoms with Crippen LogP contribution in [0.4, 0.5) is 5.95 Å². The van der Waals surface area contributed by atoms with Crippen LogP contribution in [0.5, 0.6) is 0 Å². The Kier molecular flexibility index (Phi) is 4.75. The monoisotopic (exact) mass is 393 g/mol. The highest BCUT2D eigenvalue weighted by Gasteiger charge is 2.24. The van der Waals surface area contributed by atoms with Crippen molar-refractivity contribution >= 4 is 46.6 Å². The van der Waals surface area contributed by atoms with Crippen LogP contribution in [0.3, 0.4) is 0 Å². The van der Waals surface area contributed by atoms with E-state index < -0.39 is 0 Å². The summed E-state index contributed by atoms with van der Waals surface area (Å²) in [5.41, 5.74) is 0.783. The molecule has 130 valence electrons. The van der Waals surface area contributed by atoms with Crippen molar-refractivity contribution in [3.05, 3.63) is 40.8 Å². The zero-order chi connectivity index (χ0) is 17.4. The largest absolute Gasteiger partial charge is 0.342 e. The van der Waals surface area contributed by atoms with Crippen molar-refractivity contribution in [2.24, 2.45) is 5.92 Å². The highest BCUT2D eigenvalue weighted by molar-refractivity contribution is 7.99. The summed E-state index contributed by atoms with van der Waals surface area (Å²) in [6.45, 7) is 4.29. The highest BCUT2D eigenvalue weighted by Crippen LogP contribution is 2.38. The van der Waals surface area contributed by atoms with Crippen molar-refractivity contribution in [1.82, 2.24) is 19.6 Å². The normalized spacial score (nSPS) is 17.6. The van der Waals surface area contributed by atoms with Crippen molar-refractivity contribution in [2.75, 3.05) is 18.0 Å². The second-order valence-electron chi connectivity index (χ2n) is 6.11. The van der Waals surface area contributed by atoms with Gasteiger partial charge in [-0.1, -0.05) is 54.4 Å². The summed E-state index contributed by atoms with van der Waals surface area (Å²) in [6.07, 6.45) is 5.97. The summed E-state index contributed by atoms with van der Waals surface area (Å²) in [5, 5.41) is 9.46. The molecule has 0 bridgehead atoms. The first kappa shape index (κ1) is 16.9. The predicted octanol–water partition coefficient (Wildman–Crippen LogP) is 4.82. The SMILES string of the molecule is CCC1CCN(c2ncc(Sc3cccc(Cl)c3Cl)c3nncn23)C1. The minimum absolute atomic E-state index is 0.538. The third-order valence-electron chi connectivity index (χ3n) is 4.56. The minimum Gasteiger partial charge on any atom is -0.342 e. The Labute approximate surface area is 160 Å². The van der Waals surface area contributed by atoms with Crippen LogP contribution in [0.25, 0.3) is 5.65 Å². The lowest BCUT2D eigenvalue weighted by Gasteiger charge is -2.19. The first-order chi connectivity index (χ1) is 12.2. The van der Waals surface area contributed by atoms with E-state index in [1.165, 1.54) is 24.6 Å². The fraction of sp³-hybridized carbons (Fsp3) is 0.353. The Balaban J connectivity index is 1.69. The molecule has 0 radical (unpaired) electrons. The second-order valence-corrected chi connectivity index (χ2v) is 7.98. The smallest absolute Gasteiger partial charge is 0.212 e. The van der Waals surface area contributed by atoms with E-state index in [0.29, 0.717) is 10.0 Å². The van der Waals surface area contributed by atoms with E-state index in [2.05, 4.69) is 22.0 Å². The molecule has 1 aromatic carbocycles. The van der Waals surface area contributed by atoms with E-state index in [0.717, 1.165) is 40.4 Å². The van der Waals surface area contributed by atoms with Crippen LogP contribution in [-0.2, 0) is 0 Å². The van der Waals surface area contributed by atoms with Gasteiger partial charge in [-0.3, -0.25) is 0 Å². The van der Waals surface area contributed by atoms with Crippen LogP contribution in [-0.4, -0.2) is 32.7 Å². The van der Waals surface area contributed by atoms with Gasteiger partial charge >= 0.3 is 0 Å². The summed E-state index contributed by atoms with van der Waals surface area (Å²) < 4.78 is 1.96. The molecule has 25 heavy (non-hydrogen) atoms. The molecule has 1 fully saturated rings. The number of fused-ring (bicyclic) bond motifs is 1. The summed E-state index contributed by atoms with van der Waals surface area (Å²) in [4.78, 5) is 8.78. The van der Waals surface area contributed by atoms with Crippen molar-refractivity contribution in [1.29, 1.82) is 0 Å². The van der Waals surface area contributed by atoms with E-state index in [-0.39, 0.29) is 0 Å². The van der Waals surface area contributed by atoms with Gasteiger partial charge in [0.25, 0.3) is 0 Å². The molecule has 0 saturated carbocycles. The summed E-state index contributed by atoms with van der Waals surface area (Å²) >= 11 is 13.9. The number of hydrogen-bond donors (Lipinski definition) is 0. The number of anilines is 1. The van der Waals surface area contributed by atoms with Gasteiger partial charge in [0, 0.05) is 24.2 Å². The van der Waals surface area contributed by atoms with Crippen molar-refractivity contribution in [2.45, 2.75) is 29.6 Å². The molecule has 0 aliphatic carbocycles. The van der Waals surface area contributed by atoms with Crippen molar-refractivity contribution in [3.8, 4) is 0 Å². The Morgan fingerprint density at radius 3 is 2.96 bits per heavy atom. The van der Waals surface area contributed by atoms with Gasteiger partial charge in [-0.2, -0.15) is 0 Å². The third-order valence-corrected chi connectivity index (χ3v) is 6.56. The summed E-state index contributed by atoms with van der Waals surface area (Å²) in [5.74, 6) is 1.63. The van der Waals surface area contributed by atoms with E-state index in [4.69, 9.17) is 28.2 Å². The lowest BCUT2D eigenvalue weighted by molar-refractivity contribution is 0.568. The minimum atomic E-state index is 0.538. The standard InChI is InChI=1S/C17H17Cl2N5S/c1-2-11-6-7-23(9-11)17-20-8-14(16-22-21-10-24(16)17)25-13-5-3-4-12(18)15(13)19/h3-5,8,10-11H,2,6-7,9H2,1H3. The highest BCUT2D eigenvalue weighted by atomic mass is 35.5. The molecule has 1 atom stereocenters. The first-order valence-electron chi connectivity index (χ1n) is 8.23. The number of nitrogens with zero attached hydrogens (tertiary/aromatic N) is 5. The molecular formula is C17H17Cl2N5S. The molecule has 2 aromatic heterocycles. The molecule has 0 spiro atoms. The lowest BCUT2D eigenvalue weighted by atomic mass is 10.1. The molecule has 3 heterocycles. The summed E-state index contributed by atoms with van der Waals surface area (Å²) in [6, 6.07) is 5.60. The van der Waals surface area contributed by atoms with Crippen LogP contribution in [0, 0.1) is 5.92 Å². The predicted molar refractivity (Wildman–Crippen MR) is 102 cm³/mol. The fourth-order valence-corrected chi connectivity index (χ4v) is 4.51. The number of aromatic nitrogens is 4. The van der Waals surface area contributed by atoms with Gasteiger partial charge in [-0.05, 0) is 24.5 Å². The third kappa shape index (κ3) is 3.18. The van der Waals surface area contributed by atoms with Gasteiger partial charge in [0.1, 0.15) is 6.33 Å². The molecule has 1 unspecified atom stereocenters. The average Bonchev–Trinajstić information content (AvgIpc) is 3.28. The number of benzene rings is 1. The van der Waals surface area contributed by atoms with Gasteiger partial charge < -0.3 is 4.90 Å². The maximum atomic E-state index is 6.31. The molecular weight excluding hydrogens is 377 g/mol. The maximum Gasteiger partial charge on any atom is 0.212 e. The van der Waals surface area contributed by atoms with Crippen molar-refractivity contribution < 1.29 is 0 Å². The first-order valence-corrected chi connectivity index (χ1v) is 9.80. The zero-order valence-corrected chi connectivity index (χ0v) is 16.0. The van der Waals surface area contributed by atoms with Gasteiger partial charge in [0.15, 0.2) is 5.65 Å². The Morgan fingerprint density at radius 2 is 2.16 bits per heavy atom. The molecule has 1 aliphatic rings. The molecule has 5 nitrogen and oxygen atoms in total. The lowest BCUT2D eigenvalue weighted by Crippen LogP contribution is -2.23. The Bertz CT molecular complexity index is 913. The van der Waals surface area contributed by atoms with Gasteiger partial charge in [0.2, 0.25) is 5.95 Å². The van der Waals surface area contributed by atoms with E-state index >= 15 is 0 Å². The van der Waals surface area contributed by atoms with Crippen LogP contribution >= 0.6 is 35.0 Å². The van der Waals surface area contributed by atoms with Crippen LogP contribution in [0.15, 0.2) is 40.5 Å². The number of rotatable bonds is 4. The Morgan fingerprint density at radius 1 is 1.28 bits per heavy atom. The van der Waals surface area contributed by atoms with Crippen LogP contribution < -0.4 is 4.90 Å². The van der Waals surface area contributed by atoms with Gasteiger partial charge in [-0.15, -0.1) is 10.2 Å². The molecule has 8 heteroatoms. The van der Waals surface area contributed by atoms with Crippen molar-refractivity contribution in [3.63, 3.8) is 0 Å². The number of hydrogen-bond acceptors (Lipinski definition) is 5. The topological polar surface area (TPSA) is 46.3 Å². The maximum absolute atomic E-state index is 6.31. The summed E-state index contributed by atoms with van der Waals surface area (Å²) in [7, 11) is 0. The van der Waals surface area contributed by atoms with Gasteiger partial charge in [0.05, 0.1) is 14.9 Å². The molecule has 0 N–H and O–H groups in total.